The van der Waals surface area contributed by atoms with Crippen LogP contribution in [0.15, 0.2) is 79.4 Å². The highest BCUT2D eigenvalue weighted by molar-refractivity contribution is 5.95. The summed E-state index contributed by atoms with van der Waals surface area (Å²) in [5.41, 5.74) is 1.30. The number of hydrogen-bond acceptors (Lipinski definition) is 24. The summed E-state index contributed by atoms with van der Waals surface area (Å²) in [4.78, 5) is 116. The summed E-state index contributed by atoms with van der Waals surface area (Å²) in [6, 6.07) is 9.68. The number of imidazole rings is 3. The van der Waals surface area contributed by atoms with Gasteiger partial charge in [-0.1, -0.05) is 20.8 Å². The van der Waals surface area contributed by atoms with E-state index in [4.69, 9.17) is 34.9 Å². The lowest BCUT2D eigenvalue weighted by molar-refractivity contribution is -0.117. The van der Waals surface area contributed by atoms with Gasteiger partial charge < -0.3 is 60.3 Å². The molecule has 3 aromatic carbocycles. The lowest BCUT2D eigenvalue weighted by Gasteiger charge is -2.34. The molecule has 3 amide bonds. The van der Waals surface area contributed by atoms with Crippen LogP contribution in [0.1, 0.15) is 111 Å². The van der Waals surface area contributed by atoms with Gasteiger partial charge in [0.25, 0.3) is 0 Å². The standard InChI is InChI=1S/C84H89F6N27O3/c1-8-109-11-17-112(18-12-109)41-51-38-92-69-35-60(51)98-71(118)23-44(4)115-45(5)95-79-57(86)25-49(28-65(79)115)77-74(89)63(101-83(104-69)107-77)31-55-33-73(120)100-62-36-70(93-39-53(62)43-114-21-15-111(10-3)16-22-114)105-84-102-64(75(90)78(108-84)50-26-58(87)81-67(29-50)117(55)47(7)97-81)30-54-32-72(119)99-61-34-68(91-37-52(61)42-113-19-13-110(9-2)14-20-113)103-82-94-40-59(88)76(106-82)48-24-56(85)80-66(27-48)116(54)46(6)96-80/h24-29,34-40,44,54-55H,8-23,30-33,41-43H2,1-7H3,(H,98,118)(H,99,119)(H,100,120)(H,91,94,103,106)(H,92,101,104,107)(H,93,102,105,108)/t44-,54?,55+/m0/s1. The molecule has 0 saturated carbocycles. The molecule has 12 aromatic rings. The van der Waals surface area contributed by atoms with Crippen LogP contribution in [0, 0.1) is 55.7 Å². The van der Waals surface area contributed by atoms with E-state index in [1.54, 1.807) is 77.3 Å². The number of anilines is 9. The maximum atomic E-state index is 19.0. The van der Waals surface area contributed by atoms with E-state index < -0.39 is 96.2 Å². The van der Waals surface area contributed by atoms with E-state index in [1.807, 2.05) is 6.92 Å². The van der Waals surface area contributed by atoms with Crippen molar-refractivity contribution in [1.82, 2.24) is 103 Å². The quantitative estimate of drug-likeness (QED) is 0.0584. The van der Waals surface area contributed by atoms with Gasteiger partial charge in [0.1, 0.15) is 68.6 Å². The Bertz CT molecular complexity index is 6070. The molecule has 18 bridgehead atoms. The number of fused-ring (bicyclic) bond motifs is 18. The van der Waals surface area contributed by atoms with Crippen molar-refractivity contribution >= 4 is 103 Å². The largest absolute Gasteiger partial charge is 0.326 e. The summed E-state index contributed by atoms with van der Waals surface area (Å²) in [6.07, 6.45) is 3.98. The minimum atomic E-state index is -1.23. The van der Waals surface area contributed by atoms with Crippen LogP contribution >= 0.6 is 0 Å². The van der Waals surface area contributed by atoms with Crippen molar-refractivity contribution in [2.24, 2.45) is 0 Å². The fourth-order valence-corrected chi connectivity index (χ4v) is 17.7. The van der Waals surface area contributed by atoms with Gasteiger partial charge in [-0.3, -0.25) is 29.1 Å². The number of halogens is 6. The van der Waals surface area contributed by atoms with E-state index in [9.17, 15) is 4.79 Å². The maximum Gasteiger partial charge on any atom is 0.229 e. The molecule has 1 unspecified atom stereocenters. The highest BCUT2D eigenvalue weighted by Gasteiger charge is 2.35. The Morgan fingerprint density at radius 2 is 0.692 bits per heavy atom. The topological polar surface area (TPSA) is 312 Å². The fourth-order valence-electron chi connectivity index (χ4n) is 17.7. The Labute approximate surface area is 685 Å². The number of amides is 3. The van der Waals surface area contributed by atoms with E-state index in [0.717, 1.165) is 115 Å². The molecular weight excluding hydrogens is 1550 g/mol. The second kappa shape index (κ2) is 32.6. The third-order valence-electron chi connectivity index (χ3n) is 24.0. The van der Waals surface area contributed by atoms with Crippen molar-refractivity contribution in [3.63, 3.8) is 0 Å². The van der Waals surface area contributed by atoms with Gasteiger partial charge in [0.05, 0.1) is 51.2 Å². The number of likely N-dealkylation sites (N-methyl/N-ethyl adjacent to an activating group) is 3. The summed E-state index contributed by atoms with van der Waals surface area (Å²) in [6.45, 7) is 26.3. The smallest absolute Gasteiger partial charge is 0.229 e. The zero-order valence-electron chi connectivity index (χ0n) is 67.4. The van der Waals surface area contributed by atoms with E-state index in [2.05, 4.69) is 107 Å². The molecule has 0 aliphatic carbocycles. The molecule has 120 heavy (non-hydrogen) atoms. The van der Waals surface area contributed by atoms with Crippen molar-refractivity contribution in [2.45, 2.75) is 118 Å². The van der Waals surface area contributed by atoms with E-state index >= 15 is 35.9 Å². The van der Waals surface area contributed by atoms with Gasteiger partial charge in [0, 0.05) is 219 Å². The Hall–Kier alpha value is -12.1. The average molecular weight is 1640 g/mol. The first-order valence-corrected chi connectivity index (χ1v) is 40.7. The minimum absolute atomic E-state index is 0.0146. The molecule has 30 nitrogen and oxygen atoms in total. The minimum Gasteiger partial charge on any atom is -0.326 e. The first-order valence-electron chi connectivity index (χ1n) is 40.7. The van der Waals surface area contributed by atoms with Crippen molar-refractivity contribution in [2.75, 3.05) is 130 Å². The normalized spacial score (nSPS) is 18.6. The Balaban J connectivity index is 0.781. The number of benzene rings is 3. The lowest BCUT2D eigenvalue weighted by Crippen LogP contribution is -2.45. The summed E-state index contributed by atoms with van der Waals surface area (Å²) in [7, 11) is 0. The second-order valence-corrected chi connectivity index (χ2v) is 31.8. The van der Waals surface area contributed by atoms with Crippen molar-refractivity contribution in [1.29, 1.82) is 0 Å². The molecule has 3 fully saturated rings. The summed E-state index contributed by atoms with van der Waals surface area (Å²) in [5.74, 6) is -6.36. The fraction of sp³-hybridized carbons (Fsp3) is 0.393. The van der Waals surface area contributed by atoms with Crippen molar-refractivity contribution in [3.8, 4) is 33.8 Å². The SMILES string of the molecule is CCN1CCN(Cc2cnc3cc2NC(=O)CC(Cc2nc4nc(c2F)-c2cc(F)c5nc(C)n(c5c2)[C@H](Cc2nc5nc(c2F)-c2cc(F)c6nc(C)n(c6c2)[C@@H](C)CC(=O)Nc2cc(ncc2CN2CCN(CC)CC2)N5)CC(=O)Nc2cc(ncc2CN2CCN(CC)CC2)N4)n2c(C)nc4c(F)cc(cc42)-c2nc(ncc2F)N3)CC1. The molecule has 6 aliphatic rings. The molecule has 3 atom stereocenters. The van der Waals surface area contributed by atoms with Crippen LogP contribution in [0.5, 0.6) is 0 Å². The zero-order valence-corrected chi connectivity index (χ0v) is 67.4. The lowest BCUT2D eigenvalue weighted by atomic mass is 10.0. The van der Waals surface area contributed by atoms with Crippen LogP contribution in [0.4, 0.5) is 78.7 Å². The van der Waals surface area contributed by atoms with E-state index in [0.29, 0.717) is 66.7 Å². The van der Waals surface area contributed by atoms with Crippen molar-refractivity contribution in [3.05, 3.63) is 160 Å². The summed E-state index contributed by atoms with van der Waals surface area (Å²) >= 11 is 0. The molecule has 0 radical (unpaired) electrons. The molecular formula is C84H89F6N27O3. The molecule has 0 spiro atoms. The van der Waals surface area contributed by atoms with Crippen LogP contribution in [0.2, 0.25) is 0 Å². The number of carbonyl (C=O) groups excluding carboxylic acids is 3. The summed E-state index contributed by atoms with van der Waals surface area (Å²) in [5, 5.41) is 18.8. The molecule has 9 aromatic heterocycles. The van der Waals surface area contributed by atoms with Crippen LogP contribution in [0.25, 0.3) is 66.9 Å². The number of nitrogens with zero attached hydrogens (tertiary/aromatic N) is 21. The molecule has 6 N–H and O–H groups in total. The predicted molar refractivity (Wildman–Crippen MR) is 441 cm³/mol. The Kier molecular flexibility index (Phi) is 21.4. The van der Waals surface area contributed by atoms with Crippen molar-refractivity contribution < 1.29 is 40.7 Å². The molecule has 18 rings (SSSR count). The third-order valence-corrected chi connectivity index (χ3v) is 24.0. The number of hydrogen-bond donors (Lipinski definition) is 6. The molecule has 15 heterocycles. The van der Waals surface area contributed by atoms with E-state index in [1.165, 1.54) is 12.1 Å². The van der Waals surface area contributed by atoms with Gasteiger partial charge in [0.2, 0.25) is 35.6 Å². The number of aryl methyl sites for hydroxylation is 3. The third kappa shape index (κ3) is 15.8. The van der Waals surface area contributed by atoms with Gasteiger partial charge in [-0.05, 0) is 83.7 Å². The molecule has 620 valence electrons. The molecule has 36 heteroatoms. The number of piperazine rings is 3. The number of nitrogens with one attached hydrogen (secondary N) is 6. The predicted octanol–water partition coefficient (Wildman–Crippen LogP) is 11.9. The highest BCUT2D eigenvalue weighted by atomic mass is 19.1. The zero-order chi connectivity index (χ0) is 83.1. The first kappa shape index (κ1) is 79.1. The van der Waals surface area contributed by atoms with E-state index in [-0.39, 0.29) is 132 Å². The monoisotopic (exact) mass is 1640 g/mol. The first-order chi connectivity index (χ1) is 58.0. The van der Waals surface area contributed by atoms with Crippen LogP contribution < -0.4 is 31.9 Å². The number of aromatic nitrogens is 15. The summed E-state index contributed by atoms with van der Waals surface area (Å²) < 4.78 is 110. The molecule has 6 aliphatic heterocycles. The van der Waals surface area contributed by atoms with Crippen LogP contribution in [-0.4, -0.2) is 219 Å². The van der Waals surface area contributed by atoms with Crippen LogP contribution in [0.3, 0.4) is 0 Å². The number of carbonyl (C=O) groups is 3. The van der Waals surface area contributed by atoms with Gasteiger partial charge >= 0.3 is 0 Å². The average Bonchev–Trinajstić information content (AvgIpc) is 1.60. The van der Waals surface area contributed by atoms with Gasteiger partial charge in [-0.2, -0.15) is 0 Å². The highest BCUT2D eigenvalue weighted by Crippen LogP contribution is 2.41. The van der Waals surface area contributed by atoms with Gasteiger partial charge in [0.15, 0.2) is 34.9 Å². The van der Waals surface area contributed by atoms with Crippen LogP contribution in [-0.2, 0) is 46.9 Å². The van der Waals surface area contributed by atoms with Gasteiger partial charge in [-0.15, -0.1) is 0 Å². The van der Waals surface area contributed by atoms with Gasteiger partial charge in [-0.25, -0.2) is 86.2 Å². The maximum absolute atomic E-state index is 19.0. The Morgan fingerprint density at radius 3 is 1.07 bits per heavy atom. The number of pyridine rings is 3. The molecule has 3 saturated heterocycles. The second-order valence-electron chi connectivity index (χ2n) is 31.8. The number of rotatable bonds is 13. The Morgan fingerprint density at radius 1 is 0.358 bits per heavy atom.